The number of benzene rings is 1. The van der Waals surface area contributed by atoms with Crippen LogP contribution in [0.3, 0.4) is 0 Å². The van der Waals surface area contributed by atoms with E-state index in [1.807, 2.05) is 6.07 Å². The van der Waals surface area contributed by atoms with Gasteiger partial charge in [0, 0.05) is 19.5 Å². The molecule has 0 spiro atoms. The predicted molar refractivity (Wildman–Crippen MR) is 87.7 cm³/mol. The van der Waals surface area contributed by atoms with Gasteiger partial charge in [0.15, 0.2) is 0 Å². The summed E-state index contributed by atoms with van der Waals surface area (Å²) in [4.78, 5) is 0. The van der Waals surface area contributed by atoms with Gasteiger partial charge in [0.05, 0.1) is 0 Å². The van der Waals surface area contributed by atoms with Crippen molar-refractivity contribution in [3.05, 3.63) is 35.9 Å². The van der Waals surface area contributed by atoms with Crippen molar-refractivity contribution in [2.75, 3.05) is 6.54 Å². The molecule has 1 aromatic carbocycles. The summed E-state index contributed by atoms with van der Waals surface area (Å²) in [5, 5.41) is 3.80. The Morgan fingerprint density at radius 3 is 2.32 bits per heavy atom. The van der Waals surface area contributed by atoms with Gasteiger partial charge in [0.25, 0.3) is 0 Å². The zero-order valence-corrected chi connectivity index (χ0v) is 14.0. The largest absolute Gasteiger partial charge is 0.312 e. The van der Waals surface area contributed by atoms with E-state index in [1.54, 1.807) is 0 Å². The second kappa shape index (κ2) is 6.93. The van der Waals surface area contributed by atoms with Crippen LogP contribution in [0.25, 0.3) is 0 Å². The third-order valence-electron chi connectivity index (χ3n) is 3.87. The highest BCUT2D eigenvalue weighted by Crippen LogP contribution is 2.35. The third kappa shape index (κ3) is 5.63. The van der Waals surface area contributed by atoms with Gasteiger partial charge in [-0.2, -0.15) is 0 Å². The van der Waals surface area contributed by atoms with Crippen molar-refractivity contribution in [3.63, 3.8) is 0 Å². The molecule has 0 saturated heterocycles. The van der Waals surface area contributed by atoms with Gasteiger partial charge in [0.2, 0.25) is 0 Å². The summed E-state index contributed by atoms with van der Waals surface area (Å²) in [5.74, 6) is 3.37. The molecule has 0 saturated carbocycles. The standard InChI is InChI=1S/C17H27NSi/c1-17(2,3)19(4,5)14-10-9-13-18-15-16-11-7-6-8-12-16/h6-8,11-12,18H,9,13,15H2,1-5H3. The van der Waals surface area contributed by atoms with Gasteiger partial charge in [-0.25, -0.2) is 0 Å². The first-order valence-corrected chi connectivity index (χ1v) is 10.1. The van der Waals surface area contributed by atoms with Crippen LogP contribution in [0.5, 0.6) is 0 Å². The van der Waals surface area contributed by atoms with Crippen LogP contribution in [0.1, 0.15) is 32.8 Å². The van der Waals surface area contributed by atoms with Gasteiger partial charge in [-0.15, -0.1) is 11.5 Å². The summed E-state index contributed by atoms with van der Waals surface area (Å²) in [5.41, 5.74) is 4.88. The zero-order valence-electron chi connectivity index (χ0n) is 13.0. The molecule has 0 aliphatic carbocycles. The van der Waals surface area contributed by atoms with Gasteiger partial charge in [-0.05, 0) is 10.6 Å². The monoisotopic (exact) mass is 273 g/mol. The fourth-order valence-corrected chi connectivity index (χ4v) is 2.39. The Balaban J connectivity index is 2.29. The van der Waals surface area contributed by atoms with E-state index in [9.17, 15) is 0 Å². The van der Waals surface area contributed by atoms with Crippen LogP contribution in [0, 0.1) is 11.5 Å². The minimum atomic E-state index is -1.42. The molecule has 0 amide bonds. The lowest BCUT2D eigenvalue weighted by Crippen LogP contribution is -2.35. The van der Waals surface area contributed by atoms with Crippen LogP contribution in [-0.4, -0.2) is 14.6 Å². The number of rotatable bonds is 4. The first-order chi connectivity index (χ1) is 8.83. The molecule has 0 heterocycles. The highest BCUT2D eigenvalue weighted by Gasteiger charge is 2.33. The second-order valence-electron chi connectivity index (χ2n) is 6.59. The summed E-state index contributed by atoms with van der Waals surface area (Å²) in [6.07, 6.45) is 0.944. The van der Waals surface area contributed by atoms with Crippen LogP contribution in [0.4, 0.5) is 0 Å². The van der Waals surface area contributed by atoms with Crippen molar-refractivity contribution in [1.82, 2.24) is 5.32 Å². The zero-order chi connectivity index (χ0) is 14.4. The molecule has 1 nitrogen and oxygen atoms in total. The van der Waals surface area contributed by atoms with Crippen LogP contribution in [0.2, 0.25) is 18.1 Å². The lowest BCUT2D eigenvalue weighted by atomic mass is 10.2. The Kier molecular flexibility index (Phi) is 5.84. The molecule has 104 valence electrons. The normalized spacial score (nSPS) is 11.8. The van der Waals surface area contributed by atoms with Crippen molar-refractivity contribution in [2.24, 2.45) is 0 Å². The van der Waals surface area contributed by atoms with E-state index < -0.39 is 8.07 Å². The lowest BCUT2D eigenvalue weighted by Gasteiger charge is -2.31. The topological polar surface area (TPSA) is 12.0 Å². The molecule has 0 unspecified atom stereocenters. The minimum absolute atomic E-state index is 0.359. The van der Waals surface area contributed by atoms with E-state index in [-0.39, 0.29) is 0 Å². The molecule has 2 heteroatoms. The second-order valence-corrected chi connectivity index (χ2v) is 11.6. The molecule has 0 aromatic heterocycles. The maximum Gasteiger partial charge on any atom is 0.137 e. The molecule has 0 fully saturated rings. The summed E-state index contributed by atoms with van der Waals surface area (Å²) in [6, 6.07) is 10.5. The molecule has 0 bridgehead atoms. The molecule has 1 rings (SSSR count). The summed E-state index contributed by atoms with van der Waals surface area (Å²) < 4.78 is 0. The summed E-state index contributed by atoms with van der Waals surface area (Å²) in [7, 11) is -1.42. The van der Waals surface area contributed by atoms with Crippen LogP contribution < -0.4 is 5.32 Å². The molecule has 0 aliphatic heterocycles. The lowest BCUT2D eigenvalue weighted by molar-refractivity contribution is 0.701. The van der Waals surface area contributed by atoms with Gasteiger partial charge in [0.1, 0.15) is 8.07 Å². The molecule has 0 aliphatic rings. The molecule has 1 aromatic rings. The van der Waals surface area contributed by atoms with E-state index in [0.717, 1.165) is 19.5 Å². The molecular weight excluding hydrogens is 246 g/mol. The molecule has 1 N–H and O–H groups in total. The highest BCUT2D eigenvalue weighted by molar-refractivity contribution is 6.87. The minimum Gasteiger partial charge on any atom is -0.312 e. The molecule has 0 atom stereocenters. The van der Waals surface area contributed by atoms with Crippen molar-refractivity contribution < 1.29 is 0 Å². The maximum absolute atomic E-state index is 3.55. The van der Waals surface area contributed by atoms with Gasteiger partial charge in [-0.1, -0.05) is 64.2 Å². The van der Waals surface area contributed by atoms with Crippen molar-refractivity contribution >= 4 is 8.07 Å². The number of nitrogens with one attached hydrogen (secondary N) is 1. The Morgan fingerprint density at radius 2 is 1.74 bits per heavy atom. The predicted octanol–water partition coefficient (Wildman–Crippen LogP) is 4.22. The van der Waals surface area contributed by atoms with E-state index >= 15 is 0 Å². The Labute approximate surface area is 119 Å². The van der Waals surface area contributed by atoms with E-state index in [1.165, 1.54) is 5.56 Å². The molecular formula is C17H27NSi. The Morgan fingerprint density at radius 1 is 1.11 bits per heavy atom. The van der Waals surface area contributed by atoms with Crippen LogP contribution >= 0.6 is 0 Å². The third-order valence-corrected chi connectivity index (χ3v) is 8.43. The average Bonchev–Trinajstić information content (AvgIpc) is 2.33. The van der Waals surface area contributed by atoms with E-state index in [0.29, 0.717) is 5.04 Å². The van der Waals surface area contributed by atoms with Crippen molar-refractivity contribution in [1.29, 1.82) is 0 Å². The van der Waals surface area contributed by atoms with Gasteiger partial charge in [-0.3, -0.25) is 0 Å². The molecule has 19 heavy (non-hydrogen) atoms. The fraction of sp³-hybridized carbons (Fsp3) is 0.529. The van der Waals surface area contributed by atoms with Gasteiger partial charge >= 0.3 is 0 Å². The summed E-state index contributed by atoms with van der Waals surface area (Å²) in [6.45, 7) is 13.5. The number of hydrogen-bond acceptors (Lipinski definition) is 1. The smallest absolute Gasteiger partial charge is 0.137 e. The van der Waals surface area contributed by atoms with E-state index in [4.69, 9.17) is 0 Å². The SMILES string of the molecule is CC(C)(C)[Si](C)(C)C#CCCNCc1ccccc1. The first kappa shape index (κ1) is 16.0. The molecule has 0 radical (unpaired) electrons. The van der Waals surface area contributed by atoms with Crippen molar-refractivity contribution in [2.45, 2.75) is 51.9 Å². The Hall–Kier alpha value is -1.04. The fourth-order valence-electron chi connectivity index (χ4n) is 1.45. The van der Waals surface area contributed by atoms with Crippen molar-refractivity contribution in [3.8, 4) is 11.5 Å². The maximum atomic E-state index is 3.55. The van der Waals surface area contributed by atoms with Crippen LogP contribution in [0.15, 0.2) is 30.3 Å². The quantitative estimate of drug-likeness (QED) is 0.492. The van der Waals surface area contributed by atoms with Gasteiger partial charge < -0.3 is 5.32 Å². The van der Waals surface area contributed by atoms with E-state index in [2.05, 4.69) is 74.9 Å². The highest BCUT2D eigenvalue weighted by atomic mass is 28.3. The Bertz CT molecular complexity index is 432. The number of hydrogen-bond donors (Lipinski definition) is 1. The first-order valence-electron chi connectivity index (χ1n) is 7.07. The summed E-state index contributed by atoms with van der Waals surface area (Å²) >= 11 is 0. The average molecular weight is 273 g/mol. The van der Waals surface area contributed by atoms with Crippen LogP contribution in [-0.2, 0) is 6.54 Å².